The number of rotatable bonds is 7. The molecule has 0 radical (unpaired) electrons. The van der Waals surface area contributed by atoms with E-state index in [4.69, 9.17) is 0 Å². The molecule has 6 heteroatoms. The molecule has 1 aromatic rings. The summed E-state index contributed by atoms with van der Waals surface area (Å²) >= 11 is 0. The molecule has 140 valence electrons. The summed E-state index contributed by atoms with van der Waals surface area (Å²) in [5.74, 6) is -0.170. The number of hydrogen-bond donors (Lipinski definition) is 2. The van der Waals surface area contributed by atoms with Gasteiger partial charge in [0.05, 0.1) is 10.1 Å². The number of carbonyl (C=O) groups is 1. The molecule has 1 aliphatic rings. The van der Waals surface area contributed by atoms with Gasteiger partial charge in [-0.1, -0.05) is 25.7 Å². The zero-order valence-corrected chi connectivity index (χ0v) is 16.1. The van der Waals surface area contributed by atoms with Crippen molar-refractivity contribution in [3.8, 4) is 0 Å². The van der Waals surface area contributed by atoms with Crippen molar-refractivity contribution in [1.29, 1.82) is 0 Å². The van der Waals surface area contributed by atoms with Gasteiger partial charge in [-0.2, -0.15) is 0 Å². The Balaban J connectivity index is 1.79. The molecule has 0 saturated heterocycles. The van der Waals surface area contributed by atoms with E-state index in [1.54, 1.807) is 26.0 Å². The molecule has 0 bridgehead atoms. The van der Waals surface area contributed by atoms with Crippen LogP contribution in [0.4, 0.5) is 0 Å². The predicted molar refractivity (Wildman–Crippen MR) is 101 cm³/mol. The average molecular weight is 367 g/mol. The lowest BCUT2D eigenvalue weighted by Crippen LogP contribution is -2.36. The van der Waals surface area contributed by atoms with E-state index in [2.05, 4.69) is 10.6 Å². The lowest BCUT2D eigenvalue weighted by atomic mass is 10.1. The van der Waals surface area contributed by atoms with Crippen molar-refractivity contribution in [2.75, 3.05) is 13.1 Å². The van der Waals surface area contributed by atoms with Crippen LogP contribution in [0.5, 0.6) is 0 Å². The summed E-state index contributed by atoms with van der Waals surface area (Å²) in [6.07, 6.45) is 7.68. The van der Waals surface area contributed by atoms with Crippen molar-refractivity contribution in [2.24, 2.45) is 0 Å². The molecular weight excluding hydrogens is 336 g/mol. The van der Waals surface area contributed by atoms with Crippen molar-refractivity contribution < 1.29 is 13.2 Å². The molecule has 25 heavy (non-hydrogen) atoms. The lowest BCUT2D eigenvalue weighted by molar-refractivity contribution is 0.0953. The molecule has 0 spiro atoms. The van der Waals surface area contributed by atoms with Gasteiger partial charge in [-0.25, -0.2) is 8.42 Å². The molecular formula is C19H30N2O3S. The molecule has 0 heterocycles. The molecule has 5 nitrogen and oxygen atoms in total. The Morgan fingerprint density at radius 2 is 1.64 bits per heavy atom. The second kappa shape index (κ2) is 9.34. The summed E-state index contributed by atoms with van der Waals surface area (Å²) in [5.41, 5.74) is 0.483. The van der Waals surface area contributed by atoms with Crippen LogP contribution in [-0.4, -0.2) is 38.7 Å². The first-order chi connectivity index (χ1) is 11.9. The van der Waals surface area contributed by atoms with Gasteiger partial charge in [0, 0.05) is 24.7 Å². The first kappa shape index (κ1) is 19.9. The van der Waals surface area contributed by atoms with Crippen LogP contribution < -0.4 is 10.6 Å². The van der Waals surface area contributed by atoms with Crippen molar-refractivity contribution in [2.45, 2.75) is 68.6 Å². The second-order valence-corrected chi connectivity index (χ2v) is 9.52. The van der Waals surface area contributed by atoms with E-state index in [1.165, 1.54) is 50.7 Å². The third-order valence-electron chi connectivity index (χ3n) is 4.76. The highest BCUT2D eigenvalue weighted by molar-refractivity contribution is 7.92. The van der Waals surface area contributed by atoms with Gasteiger partial charge in [-0.05, 0) is 51.0 Å². The van der Waals surface area contributed by atoms with Gasteiger partial charge in [0.2, 0.25) is 0 Å². The van der Waals surface area contributed by atoms with Crippen LogP contribution in [0.3, 0.4) is 0 Å². The Morgan fingerprint density at radius 1 is 1.04 bits per heavy atom. The Kier molecular flexibility index (Phi) is 7.44. The largest absolute Gasteiger partial charge is 0.351 e. The molecule has 1 fully saturated rings. The summed E-state index contributed by atoms with van der Waals surface area (Å²) in [7, 11) is -3.30. The first-order valence-corrected chi connectivity index (χ1v) is 10.8. The quantitative estimate of drug-likeness (QED) is 0.575. The molecule has 0 unspecified atom stereocenters. The fraction of sp³-hybridized carbons (Fsp3) is 0.632. The van der Waals surface area contributed by atoms with E-state index < -0.39 is 15.1 Å². The number of carbonyl (C=O) groups excluding carboxylic acids is 1. The van der Waals surface area contributed by atoms with Crippen LogP contribution in [0.25, 0.3) is 0 Å². The molecule has 1 aliphatic carbocycles. The molecule has 1 aromatic carbocycles. The normalized spacial score (nSPS) is 16.6. The number of nitrogens with one attached hydrogen (secondary N) is 2. The zero-order chi connectivity index (χ0) is 18.3. The maximum Gasteiger partial charge on any atom is 0.251 e. The fourth-order valence-corrected chi connectivity index (χ4v) is 4.17. The van der Waals surface area contributed by atoms with Gasteiger partial charge in [-0.15, -0.1) is 0 Å². The first-order valence-electron chi connectivity index (χ1n) is 9.27. The lowest BCUT2D eigenvalue weighted by Gasteiger charge is -2.16. The van der Waals surface area contributed by atoms with Gasteiger partial charge < -0.3 is 10.6 Å². The SMILES string of the molecule is CC(C)S(=O)(=O)c1ccc(C(=O)NCCNC2CCCCCC2)cc1. The summed E-state index contributed by atoms with van der Waals surface area (Å²) in [6, 6.07) is 6.73. The minimum Gasteiger partial charge on any atom is -0.351 e. The molecule has 2 N–H and O–H groups in total. The van der Waals surface area contributed by atoms with E-state index in [0.29, 0.717) is 18.2 Å². The Labute approximate surface area is 151 Å². The van der Waals surface area contributed by atoms with Gasteiger partial charge in [0.1, 0.15) is 0 Å². The highest BCUT2D eigenvalue weighted by atomic mass is 32.2. The van der Waals surface area contributed by atoms with Crippen molar-refractivity contribution in [1.82, 2.24) is 10.6 Å². The van der Waals surface area contributed by atoms with Crippen LogP contribution in [0.1, 0.15) is 62.7 Å². The van der Waals surface area contributed by atoms with Crippen molar-refractivity contribution in [3.05, 3.63) is 29.8 Å². The fourth-order valence-electron chi connectivity index (χ4n) is 3.11. The summed E-state index contributed by atoms with van der Waals surface area (Å²) in [6.45, 7) is 4.63. The van der Waals surface area contributed by atoms with Crippen LogP contribution in [0.2, 0.25) is 0 Å². The van der Waals surface area contributed by atoms with Gasteiger partial charge >= 0.3 is 0 Å². The topological polar surface area (TPSA) is 75.3 Å². The minimum absolute atomic E-state index is 0.170. The molecule has 0 atom stereocenters. The molecule has 0 aromatic heterocycles. The second-order valence-electron chi connectivity index (χ2n) is 7.02. The molecule has 0 aliphatic heterocycles. The van der Waals surface area contributed by atoms with Gasteiger partial charge in [0.15, 0.2) is 9.84 Å². The van der Waals surface area contributed by atoms with Crippen LogP contribution >= 0.6 is 0 Å². The molecule has 2 rings (SSSR count). The number of hydrogen-bond acceptors (Lipinski definition) is 4. The molecule has 1 saturated carbocycles. The minimum atomic E-state index is -3.30. The summed E-state index contributed by atoms with van der Waals surface area (Å²) < 4.78 is 24.2. The van der Waals surface area contributed by atoms with Crippen molar-refractivity contribution in [3.63, 3.8) is 0 Å². The number of benzene rings is 1. The average Bonchev–Trinajstić information content (AvgIpc) is 2.87. The van der Waals surface area contributed by atoms with Crippen molar-refractivity contribution >= 4 is 15.7 Å². The smallest absolute Gasteiger partial charge is 0.251 e. The Morgan fingerprint density at radius 3 is 2.20 bits per heavy atom. The van der Waals surface area contributed by atoms with Crippen LogP contribution in [0, 0.1) is 0 Å². The molecule has 1 amide bonds. The van der Waals surface area contributed by atoms with E-state index in [-0.39, 0.29) is 10.8 Å². The maximum atomic E-state index is 12.2. The van der Waals surface area contributed by atoms with E-state index in [9.17, 15) is 13.2 Å². The highest BCUT2D eigenvalue weighted by Crippen LogP contribution is 2.17. The monoisotopic (exact) mass is 366 g/mol. The highest BCUT2D eigenvalue weighted by Gasteiger charge is 2.19. The standard InChI is InChI=1S/C19H30N2O3S/c1-15(2)25(23,24)18-11-9-16(10-12-18)19(22)21-14-13-20-17-7-5-3-4-6-8-17/h9-12,15,17,20H,3-8,13-14H2,1-2H3,(H,21,22). The van der Waals surface area contributed by atoms with Gasteiger partial charge in [0.25, 0.3) is 5.91 Å². The third kappa shape index (κ3) is 5.82. The Bertz CT molecular complexity index is 646. The zero-order valence-electron chi connectivity index (χ0n) is 15.3. The van der Waals surface area contributed by atoms with E-state index in [1.807, 2.05) is 0 Å². The third-order valence-corrected chi connectivity index (χ3v) is 6.93. The Hall–Kier alpha value is -1.40. The number of amides is 1. The summed E-state index contributed by atoms with van der Waals surface area (Å²) in [4.78, 5) is 12.4. The van der Waals surface area contributed by atoms with Crippen LogP contribution in [-0.2, 0) is 9.84 Å². The van der Waals surface area contributed by atoms with E-state index in [0.717, 1.165) is 6.54 Å². The van der Waals surface area contributed by atoms with Gasteiger partial charge in [-0.3, -0.25) is 4.79 Å². The maximum absolute atomic E-state index is 12.2. The van der Waals surface area contributed by atoms with E-state index >= 15 is 0 Å². The summed E-state index contributed by atoms with van der Waals surface area (Å²) in [5, 5.41) is 5.93. The number of sulfone groups is 1. The van der Waals surface area contributed by atoms with Crippen LogP contribution in [0.15, 0.2) is 29.2 Å². The predicted octanol–water partition coefficient (Wildman–Crippen LogP) is 2.91.